The summed E-state index contributed by atoms with van der Waals surface area (Å²) in [7, 11) is 0. The van der Waals surface area contributed by atoms with E-state index in [1.807, 2.05) is 0 Å². The molecule has 1 amide bonds. The molecular weight excluding hydrogens is 353 g/mol. The molecule has 122 valence electrons. The first-order valence-electron chi connectivity index (χ1n) is 6.81. The Morgan fingerprint density at radius 1 is 1.33 bits per heavy atom. The van der Waals surface area contributed by atoms with Crippen molar-refractivity contribution >= 4 is 35.0 Å². The van der Waals surface area contributed by atoms with Crippen LogP contribution in [0.15, 0.2) is 54.1 Å². The van der Waals surface area contributed by atoms with Crippen LogP contribution in [0.3, 0.4) is 0 Å². The van der Waals surface area contributed by atoms with Crippen molar-refractivity contribution in [3.8, 4) is 5.82 Å². The summed E-state index contributed by atoms with van der Waals surface area (Å²) in [5.41, 5.74) is 0.437. The minimum absolute atomic E-state index is 0.0416. The van der Waals surface area contributed by atoms with Crippen LogP contribution < -0.4 is 5.32 Å². The van der Waals surface area contributed by atoms with Crippen molar-refractivity contribution in [3.63, 3.8) is 0 Å². The minimum atomic E-state index is -0.531. The lowest BCUT2D eigenvalue weighted by molar-refractivity contribution is -0.113. The Morgan fingerprint density at radius 3 is 2.96 bits per heavy atom. The van der Waals surface area contributed by atoms with E-state index in [1.54, 1.807) is 29.2 Å². The van der Waals surface area contributed by atoms with E-state index in [0.29, 0.717) is 16.5 Å². The fourth-order valence-corrected chi connectivity index (χ4v) is 2.69. The number of carbonyl (C=O) groups is 1. The summed E-state index contributed by atoms with van der Waals surface area (Å²) in [5, 5.41) is 7.34. The molecule has 3 aromatic rings. The van der Waals surface area contributed by atoms with Gasteiger partial charge in [-0.05, 0) is 24.3 Å². The number of anilines is 1. The highest BCUT2D eigenvalue weighted by Crippen LogP contribution is 2.21. The minimum Gasteiger partial charge on any atom is -0.325 e. The monoisotopic (exact) mass is 363 g/mol. The highest BCUT2D eigenvalue weighted by molar-refractivity contribution is 7.99. The molecule has 0 radical (unpaired) electrons. The molecule has 6 nitrogen and oxygen atoms in total. The van der Waals surface area contributed by atoms with E-state index < -0.39 is 5.82 Å². The summed E-state index contributed by atoms with van der Waals surface area (Å²) in [6.45, 7) is 0. The summed E-state index contributed by atoms with van der Waals surface area (Å²) in [6, 6.07) is 7.53. The molecule has 0 aliphatic heterocycles. The van der Waals surface area contributed by atoms with Crippen LogP contribution in [0.4, 0.5) is 10.1 Å². The lowest BCUT2D eigenvalue weighted by atomic mass is 10.3. The zero-order chi connectivity index (χ0) is 16.9. The topological polar surface area (TPSA) is 72.7 Å². The summed E-state index contributed by atoms with van der Waals surface area (Å²) in [6.07, 6.45) is 4.83. The Bertz CT molecular complexity index is 859. The fraction of sp³-hybridized carbons (Fsp3) is 0.0667. The molecule has 0 unspecified atom stereocenters. The highest BCUT2D eigenvalue weighted by Gasteiger charge is 2.08. The standard InChI is InChI=1S/C15H11ClFN5OS/c16-11-6-10(2-3-12(11)17)21-14(23)8-24-15-7-13(18-9-19-15)22-5-1-4-20-22/h1-7,9H,8H2,(H,21,23). The first-order chi connectivity index (χ1) is 11.6. The largest absolute Gasteiger partial charge is 0.325 e. The first-order valence-corrected chi connectivity index (χ1v) is 8.18. The molecule has 0 aliphatic rings. The average Bonchev–Trinajstić information content (AvgIpc) is 3.11. The number of amides is 1. The van der Waals surface area contributed by atoms with Crippen LogP contribution >= 0.6 is 23.4 Å². The van der Waals surface area contributed by atoms with E-state index >= 15 is 0 Å². The third-order valence-corrected chi connectivity index (χ3v) is 4.14. The third-order valence-electron chi connectivity index (χ3n) is 2.92. The Labute approximate surface area is 146 Å². The van der Waals surface area contributed by atoms with Crippen LogP contribution in [0.2, 0.25) is 5.02 Å². The number of hydrogen-bond acceptors (Lipinski definition) is 5. The van der Waals surface area contributed by atoms with Gasteiger partial charge in [-0.1, -0.05) is 23.4 Å². The Morgan fingerprint density at radius 2 is 2.21 bits per heavy atom. The summed E-state index contributed by atoms with van der Waals surface area (Å²) >= 11 is 6.94. The van der Waals surface area contributed by atoms with Crippen LogP contribution in [0.25, 0.3) is 5.82 Å². The predicted molar refractivity (Wildman–Crippen MR) is 89.9 cm³/mol. The smallest absolute Gasteiger partial charge is 0.234 e. The molecule has 0 saturated carbocycles. The maximum absolute atomic E-state index is 13.1. The van der Waals surface area contributed by atoms with Crippen molar-refractivity contribution in [2.24, 2.45) is 0 Å². The number of benzene rings is 1. The van der Waals surface area contributed by atoms with E-state index in [0.717, 1.165) is 0 Å². The summed E-state index contributed by atoms with van der Waals surface area (Å²) < 4.78 is 14.7. The normalized spacial score (nSPS) is 10.6. The zero-order valence-corrected chi connectivity index (χ0v) is 13.8. The van der Waals surface area contributed by atoms with Gasteiger partial charge in [-0.3, -0.25) is 4.79 Å². The number of halogens is 2. The molecule has 0 saturated heterocycles. The quantitative estimate of drug-likeness (QED) is 0.556. The lowest BCUT2D eigenvalue weighted by Crippen LogP contribution is -2.14. The van der Waals surface area contributed by atoms with Gasteiger partial charge in [-0.25, -0.2) is 19.0 Å². The van der Waals surface area contributed by atoms with Crippen molar-refractivity contribution in [1.82, 2.24) is 19.7 Å². The van der Waals surface area contributed by atoms with Crippen LogP contribution in [0.1, 0.15) is 0 Å². The molecule has 2 heterocycles. The second-order valence-electron chi connectivity index (χ2n) is 4.63. The van der Waals surface area contributed by atoms with Gasteiger partial charge in [0.15, 0.2) is 5.82 Å². The molecule has 9 heteroatoms. The van der Waals surface area contributed by atoms with Gasteiger partial charge in [0.25, 0.3) is 0 Å². The van der Waals surface area contributed by atoms with Gasteiger partial charge < -0.3 is 5.32 Å². The molecule has 1 aromatic carbocycles. The molecule has 1 N–H and O–H groups in total. The van der Waals surface area contributed by atoms with Gasteiger partial charge in [0.1, 0.15) is 17.2 Å². The maximum Gasteiger partial charge on any atom is 0.234 e. The fourth-order valence-electron chi connectivity index (χ4n) is 1.85. The Balaban J connectivity index is 1.60. The van der Waals surface area contributed by atoms with E-state index in [4.69, 9.17) is 11.6 Å². The van der Waals surface area contributed by atoms with Crippen LogP contribution in [-0.4, -0.2) is 31.4 Å². The van der Waals surface area contributed by atoms with Crippen LogP contribution in [0.5, 0.6) is 0 Å². The average molecular weight is 364 g/mol. The second kappa shape index (κ2) is 7.41. The van der Waals surface area contributed by atoms with Gasteiger partial charge in [-0.2, -0.15) is 5.10 Å². The van der Waals surface area contributed by atoms with Crippen LogP contribution in [-0.2, 0) is 4.79 Å². The third kappa shape index (κ3) is 4.09. The predicted octanol–water partition coefficient (Wildman–Crippen LogP) is 3.19. The number of nitrogens with one attached hydrogen (secondary N) is 1. The van der Waals surface area contributed by atoms with E-state index in [9.17, 15) is 9.18 Å². The van der Waals surface area contributed by atoms with Crippen molar-refractivity contribution in [2.75, 3.05) is 11.1 Å². The Hall–Kier alpha value is -2.45. The second-order valence-corrected chi connectivity index (χ2v) is 6.03. The number of rotatable bonds is 5. The van der Waals surface area contributed by atoms with Gasteiger partial charge in [0, 0.05) is 24.1 Å². The first kappa shape index (κ1) is 16.4. The van der Waals surface area contributed by atoms with E-state index in [-0.39, 0.29) is 16.7 Å². The SMILES string of the molecule is O=C(CSc1cc(-n2cccn2)ncn1)Nc1ccc(F)c(Cl)c1. The van der Waals surface area contributed by atoms with Gasteiger partial charge in [0.05, 0.1) is 10.8 Å². The number of carbonyl (C=O) groups excluding carboxylic acids is 1. The molecule has 24 heavy (non-hydrogen) atoms. The van der Waals surface area contributed by atoms with Crippen molar-refractivity contribution in [1.29, 1.82) is 0 Å². The number of nitrogens with zero attached hydrogens (tertiary/aromatic N) is 4. The number of aromatic nitrogens is 4. The van der Waals surface area contributed by atoms with Crippen molar-refractivity contribution in [3.05, 3.63) is 59.9 Å². The van der Waals surface area contributed by atoms with Crippen molar-refractivity contribution in [2.45, 2.75) is 5.03 Å². The molecule has 0 bridgehead atoms. The number of hydrogen-bond donors (Lipinski definition) is 1. The Kier molecular flexibility index (Phi) is 5.07. The maximum atomic E-state index is 13.1. The highest BCUT2D eigenvalue weighted by atomic mass is 35.5. The van der Waals surface area contributed by atoms with Gasteiger partial charge in [-0.15, -0.1) is 0 Å². The number of thioether (sulfide) groups is 1. The molecular formula is C15H11ClFN5OS. The molecule has 0 atom stereocenters. The summed E-state index contributed by atoms with van der Waals surface area (Å²) in [5.74, 6) is -0.0220. The van der Waals surface area contributed by atoms with Gasteiger partial charge >= 0.3 is 0 Å². The van der Waals surface area contributed by atoms with E-state index in [2.05, 4.69) is 20.4 Å². The zero-order valence-electron chi connectivity index (χ0n) is 12.2. The van der Waals surface area contributed by atoms with Crippen LogP contribution in [0, 0.1) is 5.82 Å². The molecule has 2 aromatic heterocycles. The molecule has 0 spiro atoms. The van der Waals surface area contributed by atoms with Gasteiger partial charge in [0.2, 0.25) is 5.91 Å². The molecule has 0 aliphatic carbocycles. The van der Waals surface area contributed by atoms with E-state index in [1.165, 1.54) is 36.3 Å². The molecule has 3 rings (SSSR count). The summed E-state index contributed by atoms with van der Waals surface area (Å²) in [4.78, 5) is 20.2. The molecule has 0 fully saturated rings. The lowest BCUT2D eigenvalue weighted by Gasteiger charge is -2.06. The van der Waals surface area contributed by atoms with Crippen molar-refractivity contribution < 1.29 is 9.18 Å².